The van der Waals surface area contributed by atoms with Gasteiger partial charge in [-0.15, -0.1) is 0 Å². The van der Waals surface area contributed by atoms with Crippen molar-refractivity contribution in [3.05, 3.63) is 69.9 Å². The lowest BCUT2D eigenvalue weighted by molar-refractivity contribution is 0.0936. The van der Waals surface area contributed by atoms with Crippen LogP contribution in [0, 0.1) is 6.92 Å². The number of hydrogen-bond donors (Lipinski definition) is 1. The third-order valence-corrected chi connectivity index (χ3v) is 6.00. The topological polar surface area (TPSA) is 59.8 Å². The predicted molar refractivity (Wildman–Crippen MR) is 108 cm³/mol. The van der Waals surface area contributed by atoms with Crippen molar-refractivity contribution in [2.24, 2.45) is 0 Å². The Morgan fingerprint density at radius 2 is 2.18 bits per heavy atom. The van der Waals surface area contributed by atoms with Crippen LogP contribution in [0.15, 0.2) is 36.7 Å². The summed E-state index contributed by atoms with van der Waals surface area (Å²) in [6.45, 7) is 2.96. The number of carbonyl (C=O) groups excluding carboxylic acids is 1. The third kappa shape index (κ3) is 3.00. The van der Waals surface area contributed by atoms with Gasteiger partial charge in [0.15, 0.2) is 0 Å². The molecule has 5 rings (SSSR count). The maximum absolute atomic E-state index is 12.8. The lowest BCUT2D eigenvalue weighted by Crippen LogP contribution is -2.27. The van der Waals surface area contributed by atoms with E-state index in [0.29, 0.717) is 5.56 Å². The molecule has 142 valence electrons. The molecule has 0 saturated carbocycles. The maximum atomic E-state index is 12.8. The molecule has 2 aliphatic rings. The van der Waals surface area contributed by atoms with E-state index >= 15 is 0 Å². The molecule has 3 heterocycles. The molecule has 1 aliphatic heterocycles. The van der Waals surface area contributed by atoms with Crippen molar-refractivity contribution in [3.8, 4) is 11.3 Å². The summed E-state index contributed by atoms with van der Waals surface area (Å²) in [5, 5.41) is 3.39. The molecule has 1 unspecified atom stereocenters. The van der Waals surface area contributed by atoms with Crippen molar-refractivity contribution in [2.45, 2.75) is 45.2 Å². The lowest BCUT2D eigenvalue weighted by Gasteiger charge is -2.15. The summed E-state index contributed by atoms with van der Waals surface area (Å²) >= 11 is 6.14. The minimum Gasteiger partial charge on any atom is -0.345 e. The number of pyridine rings is 1. The second-order valence-electron chi connectivity index (χ2n) is 7.67. The number of aryl methyl sites for hydroxylation is 4. The molecule has 28 heavy (non-hydrogen) atoms. The normalized spacial score (nSPS) is 17.4. The van der Waals surface area contributed by atoms with Gasteiger partial charge >= 0.3 is 0 Å². The van der Waals surface area contributed by atoms with Gasteiger partial charge in [0, 0.05) is 30.9 Å². The number of amides is 1. The minimum atomic E-state index is -0.176. The van der Waals surface area contributed by atoms with E-state index in [-0.39, 0.29) is 17.1 Å². The molecule has 1 amide bonds. The fourth-order valence-electron chi connectivity index (χ4n) is 4.25. The third-order valence-electron chi connectivity index (χ3n) is 5.70. The first-order valence-electron chi connectivity index (χ1n) is 9.71. The summed E-state index contributed by atoms with van der Waals surface area (Å²) in [6, 6.07) is 8.25. The molecule has 5 nitrogen and oxygen atoms in total. The van der Waals surface area contributed by atoms with Crippen LogP contribution in [0.4, 0.5) is 0 Å². The summed E-state index contributed by atoms with van der Waals surface area (Å²) in [5.74, 6) is 0.993. The summed E-state index contributed by atoms with van der Waals surface area (Å²) < 4.78 is 2.24. The van der Waals surface area contributed by atoms with Gasteiger partial charge in [-0.2, -0.15) is 0 Å². The van der Waals surface area contributed by atoms with Crippen molar-refractivity contribution in [1.82, 2.24) is 19.9 Å². The molecule has 2 aromatic heterocycles. The summed E-state index contributed by atoms with van der Waals surface area (Å²) in [6.07, 6.45) is 7.89. The molecule has 1 N–H and O–H groups in total. The smallest absolute Gasteiger partial charge is 0.254 e. The first kappa shape index (κ1) is 17.4. The Labute approximate surface area is 168 Å². The van der Waals surface area contributed by atoms with E-state index in [2.05, 4.69) is 39.3 Å². The van der Waals surface area contributed by atoms with Gasteiger partial charge in [0.05, 0.1) is 17.3 Å². The summed E-state index contributed by atoms with van der Waals surface area (Å²) in [4.78, 5) is 21.7. The van der Waals surface area contributed by atoms with E-state index < -0.39 is 0 Å². The molecule has 1 aromatic carbocycles. The molecule has 1 atom stereocenters. The van der Waals surface area contributed by atoms with Crippen LogP contribution in [0.25, 0.3) is 11.3 Å². The van der Waals surface area contributed by atoms with Crippen molar-refractivity contribution in [1.29, 1.82) is 0 Å². The number of hydrogen-bond acceptors (Lipinski definition) is 3. The van der Waals surface area contributed by atoms with E-state index in [1.807, 2.05) is 6.92 Å². The largest absolute Gasteiger partial charge is 0.345 e. The van der Waals surface area contributed by atoms with Crippen molar-refractivity contribution >= 4 is 17.5 Å². The maximum Gasteiger partial charge on any atom is 0.254 e. The van der Waals surface area contributed by atoms with E-state index in [9.17, 15) is 4.79 Å². The Bertz CT molecular complexity index is 1070. The Balaban J connectivity index is 1.42. The molecule has 0 spiro atoms. The predicted octanol–water partition coefficient (Wildman–Crippen LogP) is 4.27. The molecular weight excluding hydrogens is 372 g/mol. The Kier molecular flexibility index (Phi) is 4.20. The molecular formula is C22H21ClN4O. The Morgan fingerprint density at radius 1 is 1.29 bits per heavy atom. The molecule has 0 radical (unpaired) electrons. The average Bonchev–Trinajstić information content (AvgIpc) is 3.38. The SMILES string of the molecule is Cc1cnc(Cl)c(C(=O)NC2CCc3ccc(-c4cn5c(n4)CCC5)cc32)c1. The molecule has 3 aromatic rings. The first-order valence-corrected chi connectivity index (χ1v) is 10.1. The molecule has 6 heteroatoms. The van der Waals surface area contributed by atoms with Crippen LogP contribution in [0.1, 0.15) is 51.8 Å². The fourth-order valence-corrected chi connectivity index (χ4v) is 4.44. The number of imidazole rings is 1. The molecule has 0 bridgehead atoms. The van der Waals surface area contributed by atoms with Gasteiger partial charge in [-0.25, -0.2) is 9.97 Å². The second-order valence-corrected chi connectivity index (χ2v) is 8.03. The average molecular weight is 393 g/mol. The van der Waals surface area contributed by atoms with Crippen LogP contribution in [0.5, 0.6) is 0 Å². The highest BCUT2D eigenvalue weighted by Crippen LogP contribution is 2.35. The number of rotatable bonds is 3. The quantitative estimate of drug-likeness (QED) is 0.677. The van der Waals surface area contributed by atoms with Gasteiger partial charge < -0.3 is 9.88 Å². The van der Waals surface area contributed by atoms with Crippen molar-refractivity contribution < 1.29 is 4.79 Å². The van der Waals surface area contributed by atoms with Gasteiger partial charge in [0.1, 0.15) is 11.0 Å². The van der Waals surface area contributed by atoms with Crippen LogP contribution >= 0.6 is 11.6 Å². The van der Waals surface area contributed by atoms with E-state index in [1.54, 1.807) is 12.3 Å². The van der Waals surface area contributed by atoms with Crippen LogP contribution in [0.2, 0.25) is 5.15 Å². The number of halogens is 1. The van der Waals surface area contributed by atoms with Crippen LogP contribution in [-0.4, -0.2) is 20.4 Å². The summed E-state index contributed by atoms with van der Waals surface area (Å²) in [5.41, 5.74) is 5.93. The number of nitrogens with zero attached hydrogens (tertiary/aromatic N) is 3. The number of aromatic nitrogens is 3. The Hall–Kier alpha value is -2.66. The highest BCUT2D eigenvalue weighted by Gasteiger charge is 2.26. The molecule has 0 fully saturated rings. The zero-order chi connectivity index (χ0) is 19.3. The zero-order valence-electron chi connectivity index (χ0n) is 15.7. The van der Waals surface area contributed by atoms with Crippen molar-refractivity contribution in [3.63, 3.8) is 0 Å². The van der Waals surface area contributed by atoms with Gasteiger partial charge in [-0.1, -0.05) is 23.7 Å². The van der Waals surface area contributed by atoms with E-state index in [0.717, 1.165) is 42.6 Å². The van der Waals surface area contributed by atoms with Crippen molar-refractivity contribution in [2.75, 3.05) is 0 Å². The first-order chi connectivity index (χ1) is 13.6. The number of carbonyl (C=O) groups is 1. The monoisotopic (exact) mass is 392 g/mol. The number of nitrogens with one attached hydrogen (secondary N) is 1. The minimum absolute atomic E-state index is 0.0199. The molecule has 1 aliphatic carbocycles. The van der Waals surface area contributed by atoms with E-state index in [1.165, 1.54) is 23.4 Å². The van der Waals surface area contributed by atoms with Gasteiger partial charge in [0.25, 0.3) is 5.91 Å². The lowest BCUT2D eigenvalue weighted by atomic mass is 10.0. The zero-order valence-corrected chi connectivity index (χ0v) is 16.5. The summed E-state index contributed by atoms with van der Waals surface area (Å²) in [7, 11) is 0. The van der Waals surface area contributed by atoms with Gasteiger partial charge in [-0.3, -0.25) is 4.79 Å². The number of fused-ring (bicyclic) bond motifs is 2. The highest BCUT2D eigenvalue weighted by atomic mass is 35.5. The van der Waals surface area contributed by atoms with Gasteiger partial charge in [-0.05, 0) is 55.0 Å². The van der Waals surface area contributed by atoms with Crippen LogP contribution < -0.4 is 5.32 Å². The second kappa shape index (κ2) is 6.74. The molecule has 0 saturated heterocycles. The van der Waals surface area contributed by atoms with E-state index in [4.69, 9.17) is 16.6 Å². The van der Waals surface area contributed by atoms with Gasteiger partial charge in [0.2, 0.25) is 0 Å². The highest BCUT2D eigenvalue weighted by molar-refractivity contribution is 6.32. The number of benzene rings is 1. The van der Waals surface area contributed by atoms with Crippen LogP contribution in [0.3, 0.4) is 0 Å². The van der Waals surface area contributed by atoms with Crippen LogP contribution in [-0.2, 0) is 19.4 Å². The standard InChI is InChI=1S/C22H21ClN4O/c1-13-9-17(21(23)24-11-13)22(28)26-18-7-6-14-4-5-15(10-16(14)18)19-12-27-8-2-3-20(27)25-19/h4-5,9-12,18H,2-3,6-8H2,1H3,(H,26,28). The fraction of sp³-hybridized carbons (Fsp3) is 0.318. The Morgan fingerprint density at radius 3 is 3.04 bits per heavy atom.